The van der Waals surface area contributed by atoms with Crippen molar-refractivity contribution in [3.05, 3.63) is 0 Å². The van der Waals surface area contributed by atoms with Crippen LogP contribution in [0.5, 0.6) is 0 Å². The predicted octanol–water partition coefficient (Wildman–Crippen LogP) is -1.07. The molecule has 0 saturated carbocycles. The summed E-state index contributed by atoms with van der Waals surface area (Å²) in [5, 5.41) is 19.3. The fourth-order valence-corrected chi connectivity index (χ4v) is 1.19. The number of nitrogens with two attached hydrogens (primary N) is 1. The van der Waals surface area contributed by atoms with Crippen molar-refractivity contribution in [3.8, 4) is 0 Å². The van der Waals surface area contributed by atoms with Gasteiger partial charge >= 0.3 is 11.9 Å². The average Bonchev–Trinajstić information content (AvgIpc) is 2.23. The van der Waals surface area contributed by atoms with Gasteiger partial charge in [-0.3, -0.25) is 14.4 Å². The van der Waals surface area contributed by atoms with Gasteiger partial charge in [-0.25, -0.2) is 4.79 Å². The lowest BCUT2D eigenvalue weighted by Gasteiger charge is -2.16. The molecule has 0 heterocycles. The van der Waals surface area contributed by atoms with Gasteiger partial charge in [0.15, 0.2) is 0 Å². The van der Waals surface area contributed by atoms with Crippen LogP contribution in [0.25, 0.3) is 0 Å². The first-order chi connectivity index (χ1) is 8.23. The normalized spacial score (nSPS) is 13.4. The van der Waals surface area contributed by atoms with Crippen LogP contribution in [0.3, 0.4) is 0 Å². The molecule has 0 radical (unpaired) electrons. The molecule has 8 heteroatoms. The molecule has 0 aromatic carbocycles. The molecule has 2 atom stereocenters. The van der Waals surface area contributed by atoms with Crippen molar-refractivity contribution in [1.29, 1.82) is 0 Å². The molecule has 0 aliphatic rings. The molecular weight excluding hydrogens is 244 g/mol. The van der Waals surface area contributed by atoms with Crippen molar-refractivity contribution in [2.24, 2.45) is 11.7 Å². The molecule has 0 aromatic heterocycles. The lowest BCUT2D eigenvalue weighted by atomic mass is 10.0. The van der Waals surface area contributed by atoms with E-state index in [1.807, 2.05) is 0 Å². The zero-order valence-corrected chi connectivity index (χ0v) is 9.88. The number of aliphatic carboxylic acids is 2. The maximum absolute atomic E-state index is 11.5. The number of hydrogen-bond acceptors (Lipinski definition) is 4. The van der Waals surface area contributed by atoms with E-state index >= 15 is 0 Å². The van der Waals surface area contributed by atoms with Crippen LogP contribution in [0.1, 0.15) is 26.2 Å². The number of carbonyl (C=O) groups is 4. The van der Waals surface area contributed by atoms with Gasteiger partial charge in [-0.2, -0.15) is 0 Å². The second-order valence-corrected chi connectivity index (χ2v) is 3.90. The van der Waals surface area contributed by atoms with E-state index in [4.69, 9.17) is 15.9 Å². The summed E-state index contributed by atoms with van der Waals surface area (Å²) in [6.45, 7) is 1.47. The maximum Gasteiger partial charge on any atom is 0.326 e. The van der Waals surface area contributed by atoms with Gasteiger partial charge in [-0.05, 0) is 6.42 Å². The van der Waals surface area contributed by atoms with Crippen LogP contribution in [0.4, 0.5) is 0 Å². The summed E-state index contributed by atoms with van der Waals surface area (Å²) in [7, 11) is 0. The number of amides is 2. The SMILES string of the molecule is CC(CCC(=O)O)C(=O)N[C@@H](CC(N)=O)C(=O)O. The van der Waals surface area contributed by atoms with E-state index < -0.39 is 42.1 Å². The Morgan fingerprint density at radius 1 is 1.22 bits per heavy atom. The summed E-state index contributed by atoms with van der Waals surface area (Å²) in [5.74, 6) is -4.53. The lowest BCUT2D eigenvalue weighted by Crippen LogP contribution is -2.45. The largest absolute Gasteiger partial charge is 0.481 e. The van der Waals surface area contributed by atoms with E-state index in [0.717, 1.165) is 0 Å². The Hall–Kier alpha value is -2.12. The van der Waals surface area contributed by atoms with Crippen LogP contribution >= 0.6 is 0 Å². The van der Waals surface area contributed by atoms with Crippen LogP contribution in [0.15, 0.2) is 0 Å². The van der Waals surface area contributed by atoms with Gasteiger partial charge in [0.2, 0.25) is 11.8 Å². The summed E-state index contributed by atoms with van der Waals surface area (Å²) >= 11 is 0. The third-order valence-corrected chi connectivity index (χ3v) is 2.26. The van der Waals surface area contributed by atoms with Crippen LogP contribution in [-0.4, -0.2) is 40.0 Å². The molecule has 0 spiro atoms. The molecule has 1 unspecified atom stereocenters. The smallest absolute Gasteiger partial charge is 0.326 e. The Morgan fingerprint density at radius 2 is 1.78 bits per heavy atom. The Labute approximate surface area is 103 Å². The Bertz CT molecular complexity index is 354. The molecule has 0 fully saturated rings. The van der Waals surface area contributed by atoms with Gasteiger partial charge in [-0.1, -0.05) is 6.92 Å². The topological polar surface area (TPSA) is 147 Å². The van der Waals surface area contributed by atoms with Gasteiger partial charge in [0.1, 0.15) is 6.04 Å². The first-order valence-corrected chi connectivity index (χ1v) is 5.27. The third-order valence-electron chi connectivity index (χ3n) is 2.26. The average molecular weight is 260 g/mol. The van der Waals surface area contributed by atoms with E-state index in [1.54, 1.807) is 0 Å². The first-order valence-electron chi connectivity index (χ1n) is 5.27. The second-order valence-electron chi connectivity index (χ2n) is 3.90. The highest BCUT2D eigenvalue weighted by atomic mass is 16.4. The maximum atomic E-state index is 11.5. The highest BCUT2D eigenvalue weighted by Gasteiger charge is 2.24. The van der Waals surface area contributed by atoms with Gasteiger partial charge < -0.3 is 21.3 Å². The number of nitrogens with one attached hydrogen (secondary N) is 1. The molecule has 102 valence electrons. The van der Waals surface area contributed by atoms with E-state index in [2.05, 4.69) is 5.32 Å². The Kier molecular flexibility index (Phi) is 6.40. The van der Waals surface area contributed by atoms with Crippen molar-refractivity contribution in [2.45, 2.75) is 32.2 Å². The predicted molar refractivity (Wildman–Crippen MR) is 59.4 cm³/mol. The van der Waals surface area contributed by atoms with E-state index in [-0.39, 0.29) is 12.8 Å². The lowest BCUT2D eigenvalue weighted by molar-refractivity contribution is -0.144. The number of carboxylic acid groups (broad SMARTS) is 2. The minimum atomic E-state index is -1.39. The highest BCUT2D eigenvalue weighted by molar-refractivity contribution is 5.88. The fraction of sp³-hybridized carbons (Fsp3) is 0.600. The van der Waals surface area contributed by atoms with Crippen molar-refractivity contribution in [1.82, 2.24) is 5.32 Å². The molecule has 5 N–H and O–H groups in total. The summed E-state index contributed by atoms with van der Waals surface area (Å²) in [6.07, 6.45) is -0.612. The van der Waals surface area contributed by atoms with Crippen LogP contribution in [0.2, 0.25) is 0 Å². The molecule has 0 rings (SSSR count). The van der Waals surface area contributed by atoms with Gasteiger partial charge in [0, 0.05) is 12.3 Å². The zero-order chi connectivity index (χ0) is 14.3. The van der Waals surface area contributed by atoms with Crippen molar-refractivity contribution < 1.29 is 29.4 Å². The fourth-order valence-electron chi connectivity index (χ4n) is 1.19. The molecule has 8 nitrogen and oxygen atoms in total. The van der Waals surface area contributed by atoms with E-state index in [0.29, 0.717) is 0 Å². The van der Waals surface area contributed by atoms with Gasteiger partial charge in [0.25, 0.3) is 0 Å². The first kappa shape index (κ1) is 15.9. The van der Waals surface area contributed by atoms with Gasteiger partial charge in [-0.15, -0.1) is 0 Å². The molecule has 2 amide bonds. The number of primary amides is 1. The summed E-state index contributed by atoms with van der Waals surface area (Å²) in [6, 6.07) is -1.39. The summed E-state index contributed by atoms with van der Waals surface area (Å²) in [4.78, 5) is 43.2. The third kappa shape index (κ3) is 6.46. The Morgan fingerprint density at radius 3 is 2.17 bits per heavy atom. The van der Waals surface area contributed by atoms with Crippen LogP contribution in [0, 0.1) is 5.92 Å². The van der Waals surface area contributed by atoms with Crippen LogP contribution in [-0.2, 0) is 19.2 Å². The van der Waals surface area contributed by atoms with E-state index in [9.17, 15) is 19.2 Å². The second kappa shape index (κ2) is 7.25. The zero-order valence-electron chi connectivity index (χ0n) is 9.88. The summed E-state index contributed by atoms with van der Waals surface area (Å²) < 4.78 is 0. The van der Waals surface area contributed by atoms with E-state index in [1.165, 1.54) is 6.92 Å². The monoisotopic (exact) mass is 260 g/mol. The van der Waals surface area contributed by atoms with Crippen molar-refractivity contribution in [2.75, 3.05) is 0 Å². The molecule has 0 saturated heterocycles. The van der Waals surface area contributed by atoms with Gasteiger partial charge in [0.05, 0.1) is 6.42 Å². The molecule has 0 aliphatic carbocycles. The number of rotatable bonds is 8. The highest BCUT2D eigenvalue weighted by Crippen LogP contribution is 2.06. The standard InChI is InChI=1S/C10H16N2O6/c1-5(2-3-8(14)15)9(16)12-6(10(17)18)4-7(11)13/h5-6H,2-4H2,1H3,(H2,11,13)(H,12,16)(H,14,15)(H,17,18)/t5?,6-/m0/s1. The molecule has 0 bridgehead atoms. The van der Waals surface area contributed by atoms with Crippen LogP contribution < -0.4 is 11.1 Å². The Balaban J connectivity index is 4.36. The quantitative estimate of drug-likeness (QED) is 0.437. The summed E-state index contributed by atoms with van der Waals surface area (Å²) in [5.41, 5.74) is 4.85. The molecular formula is C10H16N2O6. The molecule has 18 heavy (non-hydrogen) atoms. The minimum absolute atomic E-state index is 0.0874. The number of carboxylic acids is 2. The minimum Gasteiger partial charge on any atom is -0.481 e. The van der Waals surface area contributed by atoms with Crippen molar-refractivity contribution >= 4 is 23.8 Å². The number of carbonyl (C=O) groups excluding carboxylic acids is 2. The molecule has 0 aliphatic heterocycles. The van der Waals surface area contributed by atoms with Crippen molar-refractivity contribution in [3.63, 3.8) is 0 Å². The number of hydrogen-bond donors (Lipinski definition) is 4. The molecule has 0 aromatic rings.